The second-order valence-electron chi connectivity index (χ2n) is 6.29. The van der Waals surface area contributed by atoms with E-state index in [1.165, 1.54) is 4.80 Å². The number of thiophene rings is 1. The van der Waals surface area contributed by atoms with Crippen molar-refractivity contribution in [3.8, 4) is 10.7 Å². The highest BCUT2D eigenvalue weighted by Crippen LogP contribution is 2.25. The van der Waals surface area contributed by atoms with Crippen molar-refractivity contribution in [1.29, 1.82) is 0 Å². The number of benzene rings is 1. The topological polar surface area (TPSA) is 81.0 Å². The van der Waals surface area contributed by atoms with Crippen molar-refractivity contribution in [1.82, 2.24) is 24.5 Å². The minimum atomic E-state index is -3.37. The molecule has 1 saturated heterocycles. The molecule has 2 aromatic heterocycles. The summed E-state index contributed by atoms with van der Waals surface area (Å²) < 4.78 is 27.3. The molecule has 1 aliphatic rings. The predicted octanol–water partition coefficient (Wildman–Crippen LogP) is 2.40. The van der Waals surface area contributed by atoms with E-state index in [-0.39, 0.29) is 11.8 Å². The molecule has 136 valence electrons. The monoisotopic (exact) mass is 389 g/mol. The van der Waals surface area contributed by atoms with Crippen LogP contribution in [0.5, 0.6) is 0 Å². The van der Waals surface area contributed by atoms with Crippen molar-refractivity contribution < 1.29 is 8.42 Å². The van der Waals surface area contributed by atoms with Gasteiger partial charge in [0.25, 0.3) is 0 Å². The van der Waals surface area contributed by atoms with E-state index in [9.17, 15) is 8.42 Å². The first kappa shape index (κ1) is 17.3. The highest BCUT2D eigenvalue weighted by atomic mass is 32.2. The van der Waals surface area contributed by atoms with Crippen LogP contribution in [0.4, 0.5) is 0 Å². The number of rotatable bonds is 6. The summed E-state index contributed by atoms with van der Waals surface area (Å²) in [6.07, 6.45) is 1.66. The summed E-state index contributed by atoms with van der Waals surface area (Å²) in [6, 6.07) is 13.0. The lowest BCUT2D eigenvalue weighted by Crippen LogP contribution is -2.39. The first-order chi connectivity index (χ1) is 12.6. The van der Waals surface area contributed by atoms with Crippen LogP contribution in [0.2, 0.25) is 0 Å². The first-order valence-corrected chi connectivity index (χ1v) is 11.0. The third-order valence-corrected chi connectivity index (χ3v) is 7.20. The molecule has 0 N–H and O–H groups in total. The third kappa shape index (κ3) is 3.69. The number of hydrogen-bond donors (Lipinski definition) is 0. The highest BCUT2D eigenvalue weighted by Gasteiger charge is 2.34. The summed E-state index contributed by atoms with van der Waals surface area (Å²) in [7, 11) is -3.37. The summed E-state index contributed by atoms with van der Waals surface area (Å²) in [6.45, 7) is 0.971. The van der Waals surface area contributed by atoms with Crippen LogP contribution in [0.3, 0.4) is 0 Å². The second kappa shape index (κ2) is 7.26. The van der Waals surface area contributed by atoms with Crippen molar-refractivity contribution in [3.05, 3.63) is 53.4 Å². The van der Waals surface area contributed by atoms with Gasteiger partial charge >= 0.3 is 0 Å². The van der Waals surface area contributed by atoms with Crippen LogP contribution in [0, 0.1) is 0 Å². The molecule has 0 spiro atoms. The molecule has 0 amide bonds. The zero-order valence-electron chi connectivity index (χ0n) is 14.1. The number of aromatic nitrogens is 4. The zero-order chi connectivity index (χ0) is 18.0. The standard InChI is InChI=1S/C17H19N5O2S2/c23-26(24,13-14-6-2-1-3-7-14)21-10-4-8-15(21)12-22-19-17(18-20-22)16-9-5-11-25-16/h1-3,5-7,9,11,15H,4,8,10,12-13H2/t15-/m1/s1. The van der Waals surface area contributed by atoms with Gasteiger partial charge in [-0.3, -0.25) is 0 Å². The van der Waals surface area contributed by atoms with E-state index < -0.39 is 10.0 Å². The SMILES string of the molecule is O=S(=O)(Cc1ccccc1)N1CCC[C@@H]1Cn1nnc(-c2cccs2)n1. The molecule has 1 atom stereocenters. The fourth-order valence-corrected chi connectivity index (χ4v) is 5.70. The van der Waals surface area contributed by atoms with Crippen molar-refractivity contribution >= 4 is 21.4 Å². The third-order valence-electron chi connectivity index (χ3n) is 4.44. The van der Waals surface area contributed by atoms with Crippen LogP contribution >= 0.6 is 11.3 Å². The molecule has 0 bridgehead atoms. The molecule has 0 saturated carbocycles. The minimum absolute atomic E-state index is 0.0234. The van der Waals surface area contributed by atoms with Crippen LogP contribution in [0.15, 0.2) is 47.8 Å². The fraction of sp³-hybridized carbons (Fsp3) is 0.353. The number of tetrazole rings is 1. The van der Waals surface area contributed by atoms with Gasteiger partial charge in [-0.2, -0.15) is 9.10 Å². The van der Waals surface area contributed by atoms with Crippen LogP contribution < -0.4 is 0 Å². The molecule has 7 nitrogen and oxygen atoms in total. The highest BCUT2D eigenvalue weighted by molar-refractivity contribution is 7.88. The molecule has 3 aromatic rings. The Bertz CT molecular complexity index is 954. The Kier molecular flexibility index (Phi) is 4.84. The van der Waals surface area contributed by atoms with Gasteiger partial charge in [-0.1, -0.05) is 36.4 Å². The molecular formula is C17H19N5O2S2. The van der Waals surface area contributed by atoms with Crippen LogP contribution in [0.25, 0.3) is 10.7 Å². The Hall–Kier alpha value is -2.10. The zero-order valence-corrected chi connectivity index (χ0v) is 15.7. The lowest BCUT2D eigenvalue weighted by atomic mass is 10.2. The Labute approximate surface area is 156 Å². The van der Waals surface area contributed by atoms with Gasteiger partial charge in [0.15, 0.2) is 0 Å². The van der Waals surface area contributed by atoms with Crippen molar-refractivity contribution in [2.45, 2.75) is 31.2 Å². The Morgan fingerprint density at radius 3 is 2.77 bits per heavy atom. The average molecular weight is 390 g/mol. The van der Waals surface area contributed by atoms with E-state index in [1.54, 1.807) is 15.6 Å². The normalized spacial score (nSPS) is 18.4. The smallest absolute Gasteiger partial charge is 0.212 e. The maximum Gasteiger partial charge on any atom is 0.218 e. The Balaban J connectivity index is 1.48. The predicted molar refractivity (Wildman–Crippen MR) is 99.9 cm³/mol. The van der Waals surface area contributed by atoms with Gasteiger partial charge in [0.05, 0.1) is 17.2 Å². The van der Waals surface area contributed by atoms with Gasteiger partial charge in [-0.25, -0.2) is 8.42 Å². The Morgan fingerprint density at radius 2 is 2.00 bits per heavy atom. The summed E-state index contributed by atoms with van der Waals surface area (Å²) >= 11 is 1.55. The lowest BCUT2D eigenvalue weighted by Gasteiger charge is -2.23. The molecule has 0 unspecified atom stereocenters. The van der Waals surface area contributed by atoms with Gasteiger partial charge in [0, 0.05) is 12.6 Å². The molecule has 4 rings (SSSR count). The van der Waals surface area contributed by atoms with Crippen LogP contribution in [-0.2, 0) is 22.3 Å². The summed E-state index contributed by atoms with van der Waals surface area (Å²) in [4.78, 5) is 2.46. The lowest BCUT2D eigenvalue weighted by molar-refractivity contribution is 0.323. The van der Waals surface area contributed by atoms with Crippen LogP contribution in [-0.4, -0.2) is 45.5 Å². The molecule has 1 aromatic carbocycles. The summed E-state index contributed by atoms with van der Waals surface area (Å²) in [5.74, 6) is 0.604. The van der Waals surface area contributed by atoms with Crippen molar-refractivity contribution in [2.24, 2.45) is 0 Å². The van der Waals surface area contributed by atoms with E-state index >= 15 is 0 Å². The molecule has 3 heterocycles. The molecule has 1 fully saturated rings. The van der Waals surface area contributed by atoms with E-state index in [0.717, 1.165) is 23.3 Å². The van der Waals surface area contributed by atoms with E-state index in [4.69, 9.17) is 0 Å². The quantitative estimate of drug-likeness (QED) is 0.647. The van der Waals surface area contributed by atoms with E-state index in [0.29, 0.717) is 18.9 Å². The maximum atomic E-state index is 12.9. The van der Waals surface area contributed by atoms with Gasteiger partial charge in [0.1, 0.15) is 0 Å². The average Bonchev–Trinajstić information content (AvgIpc) is 3.37. The van der Waals surface area contributed by atoms with Gasteiger partial charge in [-0.15, -0.1) is 21.5 Å². The first-order valence-electron chi connectivity index (χ1n) is 8.47. The molecular weight excluding hydrogens is 370 g/mol. The summed E-state index contributed by atoms with van der Waals surface area (Å²) in [5.41, 5.74) is 0.803. The van der Waals surface area contributed by atoms with Crippen molar-refractivity contribution in [2.75, 3.05) is 6.54 Å². The molecule has 26 heavy (non-hydrogen) atoms. The molecule has 9 heteroatoms. The maximum absolute atomic E-state index is 12.9. The fourth-order valence-electron chi connectivity index (χ4n) is 3.24. The van der Waals surface area contributed by atoms with E-state index in [1.807, 2.05) is 47.8 Å². The van der Waals surface area contributed by atoms with Gasteiger partial charge in [-0.05, 0) is 35.1 Å². The van der Waals surface area contributed by atoms with Gasteiger partial charge in [0.2, 0.25) is 15.8 Å². The number of nitrogens with zero attached hydrogens (tertiary/aromatic N) is 5. The van der Waals surface area contributed by atoms with Gasteiger partial charge < -0.3 is 0 Å². The second-order valence-corrected chi connectivity index (χ2v) is 9.16. The number of hydrogen-bond acceptors (Lipinski definition) is 6. The minimum Gasteiger partial charge on any atom is -0.212 e. The van der Waals surface area contributed by atoms with E-state index in [2.05, 4.69) is 15.4 Å². The largest absolute Gasteiger partial charge is 0.218 e. The molecule has 1 aliphatic heterocycles. The van der Waals surface area contributed by atoms with Crippen LogP contribution in [0.1, 0.15) is 18.4 Å². The summed E-state index contributed by atoms with van der Waals surface area (Å²) in [5, 5.41) is 14.5. The Morgan fingerprint density at radius 1 is 1.15 bits per heavy atom. The van der Waals surface area contributed by atoms with Crippen molar-refractivity contribution in [3.63, 3.8) is 0 Å². The number of sulfonamides is 1. The molecule has 0 radical (unpaired) electrons. The molecule has 0 aliphatic carbocycles.